The van der Waals surface area contributed by atoms with E-state index in [4.69, 9.17) is 4.74 Å². The molecular weight excluding hydrogens is 290 g/mol. The van der Waals surface area contributed by atoms with E-state index in [1.165, 1.54) is 18.2 Å². The third-order valence-corrected chi connectivity index (χ3v) is 2.55. The van der Waals surface area contributed by atoms with Crippen molar-refractivity contribution in [1.29, 1.82) is 0 Å². The molecule has 1 aromatic carbocycles. The summed E-state index contributed by atoms with van der Waals surface area (Å²) in [5.41, 5.74) is 0.892. The quantitative estimate of drug-likeness (QED) is 0.363. The fourth-order valence-corrected chi connectivity index (χ4v) is 1.83. The topological polar surface area (TPSA) is 69.4 Å². The summed E-state index contributed by atoms with van der Waals surface area (Å²) in [6.07, 6.45) is 0.490. The predicted octanol–water partition coefficient (Wildman–Crippen LogP) is 2.71. The molecule has 92 valence electrons. The summed E-state index contributed by atoms with van der Waals surface area (Å²) < 4.78 is 4.84. The normalized spacial score (nSPS) is 10.0. The summed E-state index contributed by atoms with van der Waals surface area (Å²) >= 11 is 3.22. The third kappa shape index (κ3) is 3.52. The van der Waals surface area contributed by atoms with Gasteiger partial charge in [0.2, 0.25) is 0 Å². The average Bonchev–Trinajstić information content (AvgIpc) is 2.29. The van der Waals surface area contributed by atoms with Crippen molar-refractivity contribution in [3.8, 4) is 0 Å². The van der Waals surface area contributed by atoms with Crippen molar-refractivity contribution in [1.82, 2.24) is 0 Å². The Labute approximate surface area is 107 Å². The standard InChI is InChI=1S/C11H12BrNO4/c1-2-17-11(14)9-3-4-10(13(15)16)8(7-9)5-6-12/h3-4,7H,2,5-6H2,1H3. The van der Waals surface area contributed by atoms with Crippen molar-refractivity contribution >= 4 is 27.6 Å². The van der Waals surface area contributed by atoms with Gasteiger partial charge in [0.15, 0.2) is 0 Å². The molecule has 0 heterocycles. The molecule has 0 aliphatic carbocycles. The minimum Gasteiger partial charge on any atom is -0.462 e. The molecular formula is C11H12BrNO4. The third-order valence-electron chi connectivity index (χ3n) is 2.15. The highest BCUT2D eigenvalue weighted by Gasteiger charge is 2.16. The fourth-order valence-electron chi connectivity index (χ4n) is 1.41. The zero-order valence-corrected chi connectivity index (χ0v) is 10.9. The maximum absolute atomic E-state index is 11.5. The summed E-state index contributed by atoms with van der Waals surface area (Å²) in [5, 5.41) is 11.4. The molecule has 1 rings (SSSR count). The van der Waals surface area contributed by atoms with E-state index in [-0.39, 0.29) is 12.3 Å². The number of nitro benzene ring substituents is 1. The molecule has 1 aromatic rings. The highest BCUT2D eigenvalue weighted by atomic mass is 79.9. The molecule has 0 saturated carbocycles. The van der Waals surface area contributed by atoms with E-state index in [9.17, 15) is 14.9 Å². The van der Waals surface area contributed by atoms with Gasteiger partial charge in [-0.1, -0.05) is 15.9 Å². The Hall–Kier alpha value is -1.43. The molecule has 0 N–H and O–H groups in total. The van der Waals surface area contributed by atoms with Crippen LogP contribution in [0.4, 0.5) is 5.69 Å². The summed E-state index contributed by atoms with van der Waals surface area (Å²) in [7, 11) is 0. The van der Waals surface area contributed by atoms with Crippen LogP contribution < -0.4 is 0 Å². The lowest BCUT2D eigenvalue weighted by molar-refractivity contribution is -0.385. The number of benzene rings is 1. The highest BCUT2D eigenvalue weighted by Crippen LogP contribution is 2.21. The van der Waals surface area contributed by atoms with Gasteiger partial charge in [-0.3, -0.25) is 10.1 Å². The molecule has 0 bridgehead atoms. The zero-order valence-electron chi connectivity index (χ0n) is 9.31. The van der Waals surface area contributed by atoms with Gasteiger partial charge in [-0.25, -0.2) is 4.79 Å². The lowest BCUT2D eigenvalue weighted by Crippen LogP contribution is -2.06. The maximum Gasteiger partial charge on any atom is 0.338 e. The zero-order chi connectivity index (χ0) is 12.8. The van der Waals surface area contributed by atoms with Gasteiger partial charge in [-0.2, -0.15) is 0 Å². The minimum absolute atomic E-state index is 0.0255. The molecule has 0 aliphatic rings. The SMILES string of the molecule is CCOC(=O)c1ccc([N+](=O)[O-])c(CCBr)c1. The van der Waals surface area contributed by atoms with E-state index in [1.807, 2.05) is 0 Å². The second-order valence-corrected chi connectivity index (χ2v) is 4.05. The lowest BCUT2D eigenvalue weighted by Gasteiger charge is -2.05. The first kappa shape index (κ1) is 13.6. The molecule has 0 fully saturated rings. The summed E-state index contributed by atoms with van der Waals surface area (Å²) in [4.78, 5) is 21.8. The number of hydrogen-bond acceptors (Lipinski definition) is 4. The molecule has 0 amide bonds. The second kappa shape index (κ2) is 6.34. The van der Waals surface area contributed by atoms with E-state index in [2.05, 4.69) is 15.9 Å². The van der Waals surface area contributed by atoms with Crippen LogP contribution in [0.3, 0.4) is 0 Å². The van der Waals surface area contributed by atoms with Gasteiger partial charge in [-0.15, -0.1) is 0 Å². The smallest absolute Gasteiger partial charge is 0.338 e. The van der Waals surface area contributed by atoms with Crippen LogP contribution in [0.1, 0.15) is 22.8 Å². The molecule has 5 nitrogen and oxygen atoms in total. The van der Waals surface area contributed by atoms with Crippen LogP contribution in [0.5, 0.6) is 0 Å². The van der Waals surface area contributed by atoms with Crippen molar-refractivity contribution in [3.63, 3.8) is 0 Å². The Morgan fingerprint density at radius 2 is 2.24 bits per heavy atom. The maximum atomic E-state index is 11.5. The summed E-state index contributed by atoms with van der Waals surface area (Å²) in [6.45, 7) is 1.99. The number of nitro groups is 1. The molecule has 0 spiro atoms. The highest BCUT2D eigenvalue weighted by molar-refractivity contribution is 9.09. The van der Waals surface area contributed by atoms with Crippen LogP contribution in [0, 0.1) is 10.1 Å². The largest absolute Gasteiger partial charge is 0.462 e. The number of carbonyl (C=O) groups is 1. The molecule has 0 atom stereocenters. The number of halogens is 1. The average molecular weight is 302 g/mol. The van der Waals surface area contributed by atoms with Crippen LogP contribution in [0.25, 0.3) is 0 Å². The Morgan fingerprint density at radius 1 is 1.53 bits per heavy atom. The number of nitrogens with zero attached hydrogens (tertiary/aromatic N) is 1. The van der Waals surface area contributed by atoms with Crippen LogP contribution in [0.15, 0.2) is 18.2 Å². The first-order valence-electron chi connectivity index (χ1n) is 5.10. The Bertz CT molecular complexity index is 433. The summed E-state index contributed by atoms with van der Waals surface area (Å²) in [5.74, 6) is -0.460. The van der Waals surface area contributed by atoms with Gasteiger partial charge < -0.3 is 4.74 Å². The van der Waals surface area contributed by atoms with Crippen molar-refractivity contribution in [2.45, 2.75) is 13.3 Å². The van der Waals surface area contributed by atoms with Gasteiger partial charge in [0.25, 0.3) is 5.69 Å². The first-order chi connectivity index (χ1) is 8.10. The number of esters is 1. The second-order valence-electron chi connectivity index (χ2n) is 3.26. The molecule has 6 heteroatoms. The number of hydrogen-bond donors (Lipinski definition) is 0. The van der Waals surface area contributed by atoms with Crippen LogP contribution in [-0.2, 0) is 11.2 Å². The fraction of sp³-hybridized carbons (Fsp3) is 0.364. The van der Waals surface area contributed by atoms with Crippen molar-refractivity contribution in [2.24, 2.45) is 0 Å². The number of carbonyl (C=O) groups excluding carboxylic acids is 1. The van der Waals surface area contributed by atoms with E-state index in [1.54, 1.807) is 6.92 Å². The first-order valence-corrected chi connectivity index (χ1v) is 6.22. The Kier molecular flexibility index (Phi) is 5.09. The molecule has 0 radical (unpaired) electrons. The Morgan fingerprint density at radius 3 is 2.76 bits per heavy atom. The van der Waals surface area contributed by atoms with Crippen molar-refractivity contribution in [2.75, 3.05) is 11.9 Å². The van der Waals surface area contributed by atoms with Gasteiger partial charge in [-0.05, 0) is 25.5 Å². The monoisotopic (exact) mass is 301 g/mol. The molecule has 0 aliphatic heterocycles. The van der Waals surface area contributed by atoms with Gasteiger partial charge in [0, 0.05) is 17.0 Å². The number of alkyl halides is 1. The summed E-state index contributed by atoms with van der Waals surface area (Å²) in [6, 6.07) is 4.26. The molecule has 0 unspecified atom stereocenters. The van der Waals surface area contributed by atoms with E-state index >= 15 is 0 Å². The Balaban J connectivity index is 3.09. The van der Waals surface area contributed by atoms with E-state index in [0.29, 0.717) is 22.9 Å². The van der Waals surface area contributed by atoms with E-state index < -0.39 is 10.9 Å². The van der Waals surface area contributed by atoms with Crippen molar-refractivity contribution in [3.05, 3.63) is 39.4 Å². The van der Waals surface area contributed by atoms with Gasteiger partial charge in [0.05, 0.1) is 17.1 Å². The van der Waals surface area contributed by atoms with Crippen LogP contribution >= 0.6 is 15.9 Å². The van der Waals surface area contributed by atoms with E-state index in [0.717, 1.165) is 0 Å². The van der Waals surface area contributed by atoms with Crippen molar-refractivity contribution < 1.29 is 14.5 Å². The molecule has 0 saturated heterocycles. The van der Waals surface area contributed by atoms with Crippen LogP contribution in [-0.4, -0.2) is 22.8 Å². The minimum atomic E-state index is -0.460. The molecule has 0 aromatic heterocycles. The number of aryl methyl sites for hydroxylation is 1. The lowest BCUT2D eigenvalue weighted by atomic mass is 10.1. The van der Waals surface area contributed by atoms with Gasteiger partial charge >= 0.3 is 5.97 Å². The predicted molar refractivity (Wildman–Crippen MR) is 66.6 cm³/mol. The van der Waals surface area contributed by atoms with Crippen LogP contribution in [0.2, 0.25) is 0 Å². The number of ether oxygens (including phenoxy) is 1. The van der Waals surface area contributed by atoms with Gasteiger partial charge in [0.1, 0.15) is 0 Å². The number of rotatable bonds is 5. The molecule has 17 heavy (non-hydrogen) atoms.